The largest absolute Gasteiger partial charge is 0.323 e. The number of hydrogen-bond acceptors (Lipinski definition) is 2. The van der Waals surface area contributed by atoms with Crippen LogP contribution in [0.4, 0.5) is 10.1 Å². The number of anilines is 1. The summed E-state index contributed by atoms with van der Waals surface area (Å²) in [6, 6.07) is 21.9. The number of carbonyl (C=O) groups is 1. The van der Waals surface area contributed by atoms with Gasteiger partial charge in [0.05, 0.1) is 11.0 Å². The van der Waals surface area contributed by atoms with Crippen molar-refractivity contribution in [1.29, 1.82) is 0 Å². The molecule has 2 heterocycles. The molecule has 6 heteroatoms. The highest BCUT2D eigenvalue weighted by Crippen LogP contribution is 2.34. The summed E-state index contributed by atoms with van der Waals surface area (Å²) in [5.74, 6) is 0.416. The number of benzene rings is 3. The number of nitrogens with zero attached hydrogens (tertiary/aromatic N) is 3. The van der Waals surface area contributed by atoms with Gasteiger partial charge in [-0.15, -0.1) is 0 Å². The molecule has 1 aliphatic heterocycles. The highest BCUT2D eigenvalue weighted by molar-refractivity contribution is 6.30. The molecule has 1 saturated heterocycles. The van der Waals surface area contributed by atoms with Crippen LogP contribution in [0, 0.1) is 5.82 Å². The topological polar surface area (TPSA) is 38.1 Å². The molecule has 5 rings (SSSR count). The van der Waals surface area contributed by atoms with Crippen LogP contribution < -0.4 is 4.90 Å². The maximum Gasteiger partial charge on any atom is 0.227 e. The number of amides is 1. The van der Waals surface area contributed by atoms with Crippen molar-refractivity contribution in [2.24, 2.45) is 0 Å². The van der Waals surface area contributed by atoms with Crippen LogP contribution in [0.2, 0.25) is 5.02 Å². The third kappa shape index (κ3) is 3.46. The molecule has 0 spiro atoms. The predicted molar refractivity (Wildman–Crippen MR) is 116 cm³/mol. The first kappa shape index (κ1) is 18.8. The summed E-state index contributed by atoms with van der Waals surface area (Å²) in [5.41, 5.74) is 3.56. The number of halogens is 2. The maximum absolute atomic E-state index is 13.7. The van der Waals surface area contributed by atoms with Gasteiger partial charge in [0, 0.05) is 36.1 Å². The van der Waals surface area contributed by atoms with Crippen LogP contribution in [-0.2, 0) is 11.3 Å². The second kappa shape index (κ2) is 7.58. The molecule has 1 unspecified atom stereocenters. The van der Waals surface area contributed by atoms with Crippen molar-refractivity contribution < 1.29 is 9.18 Å². The minimum absolute atomic E-state index is 0.0213. The Hall–Kier alpha value is -3.18. The second-order valence-corrected chi connectivity index (χ2v) is 8.00. The molecular formula is C24H19ClFN3O. The van der Waals surface area contributed by atoms with Gasteiger partial charge in [0.15, 0.2) is 0 Å². The van der Waals surface area contributed by atoms with E-state index in [1.807, 2.05) is 48.5 Å². The number of hydrogen-bond donors (Lipinski definition) is 0. The first-order chi connectivity index (χ1) is 14.6. The summed E-state index contributed by atoms with van der Waals surface area (Å²) >= 11 is 6.18. The Morgan fingerprint density at radius 2 is 1.87 bits per heavy atom. The fourth-order valence-electron chi connectivity index (χ4n) is 4.16. The molecule has 0 N–H and O–H groups in total. The van der Waals surface area contributed by atoms with Crippen LogP contribution in [0.5, 0.6) is 0 Å². The van der Waals surface area contributed by atoms with E-state index in [-0.39, 0.29) is 17.6 Å². The summed E-state index contributed by atoms with van der Waals surface area (Å²) in [5, 5.41) is 0.687. The van der Waals surface area contributed by atoms with Crippen molar-refractivity contribution in [1.82, 2.24) is 9.55 Å². The number of carbonyl (C=O) groups excluding carboxylic acids is 1. The van der Waals surface area contributed by atoms with Gasteiger partial charge in [0.25, 0.3) is 0 Å². The van der Waals surface area contributed by atoms with Gasteiger partial charge < -0.3 is 9.47 Å². The van der Waals surface area contributed by atoms with E-state index in [4.69, 9.17) is 16.6 Å². The minimum atomic E-state index is -0.350. The van der Waals surface area contributed by atoms with Crippen LogP contribution >= 0.6 is 11.6 Å². The average Bonchev–Trinajstić information content (AvgIpc) is 3.29. The van der Waals surface area contributed by atoms with Crippen LogP contribution in [0.25, 0.3) is 11.0 Å². The van der Waals surface area contributed by atoms with E-state index in [0.29, 0.717) is 30.2 Å². The first-order valence-electron chi connectivity index (χ1n) is 9.84. The lowest BCUT2D eigenvalue weighted by Gasteiger charge is -2.17. The summed E-state index contributed by atoms with van der Waals surface area (Å²) in [6.45, 7) is 1.09. The van der Waals surface area contributed by atoms with E-state index in [1.54, 1.807) is 17.0 Å². The van der Waals surface area contributed by atoms with Crippen LogP contribution in [0.1, 0.15) is 23.7 Å². The molecule has 0 aliphatic carbocycles. The van der Waals surface area contributed by atoms with Crippen molar-refractivity contribution in [3.05, 3.63) is 95.0 Å². The SMILES string of the molecule is O=C1CC(c2nc3ccccc3n2Cc2cccc(Cl)c2)CN1c1cccc(F)c1. The van der Waals surface area contributed by atoms with E-state index in [1.165, 1.54) is 12.1 Å². The number of aromatic nitrogens is 2. The van der Waals surface area contributed by atoms with Gasteiger partial charge in [-0.2, -0.15) is 0 Å². The van der Waals surface area contributed by atoms with Gasteiger partial charge in [-0.05, 0) is 48.0 Å². The zero-order valence-electron chi connectivity index (χ0n) is 16.1. The van der Waals surface area contributed by atoms with E-state index in [2.05, 4.69) is 4.57 Å². The van der Waals surface area contributed by atoms with Crippen LogP contribution in [-0.4, -0.2) is 22.0 Å². The molecular weight excluding hydrogens is 401 g/mol. The number of para-hydroxylation sites is 2. The lowest BCUT2D eigenvalue weighted by molar-refractivity contribution is -0.117. The fraction of sp³-hybridized carbons (Fsp3) is 0.167. The van der Waals surface area contributed by atoms with E-state index in [9.17, 15) is 9.18 Å². The molecule has 3 aromatic carbocycles. The molecule has 1 aliphatic rings. The second-order valence-electron chi connectivity index (χ2n) is 7.56. The van der Waals surface area contributed by atoms with Gasteiger partial charge in [-0.25, -0.2) is 9.37 Å². The van der Waals surface area contributed by atoms with Crippen molar-refractivity contribution >= 4 is 34.2 Å². The average molecular weight is 420 g/mol. The third-order valence-corrected chi connectivity index (χ3v) is 5.76. The smallest absolute Gasteiger partial charge is 0.227 e. The predicted octanol–water partition coefficient (Wildman–Crippen LogP) is 5.40. The molecule has 150 valence electrons. The zero-order valence-corrected chi connectivity index (χ0v) is 16.9. The first-order valence-corrected chi connectivity index (χ1v) is 10.2. The van der Waals surface area contributed by atoms with Gasteiger partial charge in [0.2, 0.25) is 5.91 Å². The van der Waals surface area contributed by atoms with Crippen LogP contribution in [0.3, 0.4) is 0 Å². The molecule has 0 saturated carbocycles. The summed E-state index contributed by atoms with van der Waals surface area (Å²) in [4.78, 5) is 19.3. The molecule has 30 heavy (non-hydrogen) atoms. The summed E-state index contributed by atoms with van der Waals surface area (Å²) in [7, 11) is 0. The van der Waals surface area contributed by atoms with Gasteiger partial charge in [-0.3, -0.25) is 4.79 Å². The lowest BCUT2D eigenvalue weighted by atomic mass is 10.1. The molecule has 4 aromatic rings. The molecule has 4 nitrogen and oxygen atoms in total. The molecule has 1 atom stereocenters. The summed E-state index contributed by atoms with van der Waals surface area (Å²) in [6.07, 6.45) is 0.343. The monoisotopic (exact) mass is 419 g/mol. The van der Waals surface area contributed by atoms with Gasteiger partial charge >= 0.3 is 0 Å². The number of rotatable bonds is 4. The highest BCUT2D eigenvalue weighted by atomic mass is 35.5. The molecule has 0 radical (unpaired) electrons. The van der Waals surface area contributed by atoms with E-state index in [0.717, 1.165) is 22.4 Å². The molecule has 0 bridgehead atoms. The zero-order chi connectivity index (χ0) is 20.7. The number of imidazole rings is 1. The summed E-state index contributed by atoms with van der Waals surface area (Å²) < 4.78 is 15.8. The quantitative estimate of drug-likeness (QED) is 0.444. The van der Waals surface area contributed by atoms with Crippen LogP contribution in [0.15, 0.2) is 72.8 Å². The Morgan fingerprint density at radius 1 is 1.03 bits per heavy atom. The van der Waals surface area contributed by atoms with Gasteiger partial charge in [-0.1, -0.05) is 41.9 Å². The Morgan fingerprint density at radius 3 is 2.70 bits per heavy atom. The maximum atomic E-state index is 13.7. The minimum Gasteiger partial charge on any atom is -0.323 e. The van der Waals surface area contributed by atoms with Crippen molar-refractivity contribution in [2.45, 2.75) is 18.9 Å². The van der Waals surface area contributed by atoms with E-state index < -0.39 is 0 Å². The van der Waals surface area contributed by atoms with Gasteiger partial charge in [0.1, 0.15) is 11.6 Å². The van der Waals surface area contributed by atoms with Crippen molar-refractivity contribution in [2.75, 3.05) is 11.4 Å². The van der Waals surface area contributed by atoms with Crippen molar-refractivity contribution in [3.8, 4) is 0 Å². The Bertz CT molecular complexity index is 1250. The standard InChI is InChI=1S/C24H19ClFN3O/c25-18-6-3-5-16(11-18)14-29-22-10-2-1-9-21(22)27-24(29)17-12-23(30)28(15-17)20-8-4-7-19(26)13-20/h1-11,13,17H,12,14-15H2. The molecule has 1 amide bonds. The lowest BCUT2D eigenvalue weighted by Crippen LogP contribution is -2.24. The Kier molecular flexibility index (Phi) is 4.75. The van der Waals surface area contributed by atoms with Crippen molar-refractivity contribution in [3.63, 3.8) is 0 Å². The highest BCUT2D eigenvalue weighted by Gasteiger charge is 2.35. The normalized spacial score (nSPS) is 16.5. The fourth-order valence-corrected chi connectivity index (χ4v) is 4.38. The van der Waals surface area contributed by atoms with E-state index >= 15 is 0 Å². The third-order valence-electron chi connectivity index (χ3n) is 5.52. The molecule has 1 aromatic heterocycles. The Balaban J connectivity index is 1.53. The molecule has 1 fully saturated rings. The Labute approximate surface area is 178 Å². The number of fused-ring (bicyclic) bond motifs is 1.